The Morgan fingerprint density at radius 3 is 2.72 bits per heavy atom. The van der Waals surface area contributed by atoms with Gasteiger partial charge in [0.05, 0.1) is 0 Å². The minimum Gasteiger partial charge on any atom is 0 e. The van der Waals surface area contributed by atoms with Crippen molar-refractivity contribution in [3.8, 4) is 5.75 Å². The molecule has 1 atom stereocenters. The normalized spacial score (nSPS) is 15.1. The molecule has 9 heteroatoms. The fourth-order valence-corrected chi connectivity index (χ4v) is 3.10. The number of rotatable bonds is 6. The Hall–Kier alpha value is -1.09. The van der Waals surface area contributed by atoms with Crippen LogP contribution < -0.4 is 15.0 Å². The second kappa shape index (κ2) is 14.8. The van der Waals surface area contributed by atoms with Gasteiger partial charge >= 0.3 is 188 Å². The van der Waals surface area contributed by atoms with E-state index in [2.05, 4.69) is 20.7 Å². The molecular weight excluding hydrogens is 882 g/mol. The molecule has 29 heavy (non-hydrogen) atoms. The Bertz CT molecular complexity index is 809. The molecule has 1 unspecified atom stereocenters. The quantitative estimate of drug-likeness (QED) is 0.258. The fraction of sp³-hybridized carbons (Fsp3) is 0.250. The summed E-state index contributed by atoms with van der Waals surface area (Å²) in [4.78, 5) is 25.1. The number of hydrogen-bond donors (Lipinski definition) is 2. The summed E-state index contributed by atoms with van der Waals surface area (Å²) < 4.78 is 11.1. The predicted octanol–water partition coefficient (Wildman–Crippen LogP) is 1.42. The van der Waals surface area contributed by atoms with Gasteiger partial charge in [-0.25, -0.2) is 0 Å². The van der Waals surface area contributed by atoms with Crippen LogP contribution in [-0.4, -0.2) is 46.5 Å². The summed E-state index contributed by atoms with van der Waals surface area (Å²) >= 11 is 2.24. The molecule has 0 aromatic heterocycles. The van der Waals surface area contributed by atoms with E-state index in [1.54, 1.807) is 13.1 Å². The van der Waals surface area contributed by atoms with Crippen LogP contribution in [0.1, 0.15) is 12.0 Å². The van der Waals surface area contributed by atoms with Gasteiger partial charge in [0.15, 0.2) is 0 Å². The molecule has 0 aliphatic carbocycles. The summed E-state index contributed by atoms with van der Waals surface area (Å²) in [5.41, 5.74) is 2.72. The van der Waals surface area contributed by atoms with Gasteiger partial charge in [0, 0.05) is 21.1 Å². The molecule has 2 N–H and O–H groups in total. The maximum absolute atomic E-state index is 12.3. The third kappa shape index (κ3) is 9.07. The molecule has 154 valence electrons. The minimum absolute atomic E-state index is 0. The van der Waals surface area contributed by atoms with Gasteiger partial charge in [0.25, 0.3) is 0 Å². The number of hydrogen-bond acceptors (Lipinski definition) is 4. The zero-order valence-corrected chi connectivity index (χ0v) is 24.9. The molecule has 0 spiro atoms. The van der Waals surface area contributed by atoms with Crippen molar-refractivity contribution in [3.05, 3.63) is 48.1 Å². The summed E-state index contributed by atoms with van der Waals surface area (Å²) in [5, 5.41) is 9.49. The van der Waals surface area contributed by atoms with E-state index in [1.165, 1.54) is 30.5 Å². The van der Waals surface area contributed by atoms with Crippen LogP contribution in [0.5, 0.6) is 5.75 Å². The van der Waals surface area contributed by atoms with Gasteiger partial charge in [0.1, 0.15) is 0 Å². The number of nitrogens with one attached hydrogen (secondary N) is 2. The van der Waals surface area contributed by atoms with Crippen molar-refractivity contribution in [1.82, 2.24) is 5.32 Å². The molecule has 1 aliphatic heterocycles. The maximum Gasteiger partial charge on any atom is 0 e. The summed E-state index contributed by atoms with van der Waals surface area (Å²) in [6, 6.07) is 4.96. The van der Waals surface area contributed by atoms with E-state index < -0.39 is 6.04 Å². The largest absolute Gasteiger partial charge is 0 e. The summed E-state index contributed by atoms with van der Waals surface area (Å²) in [5.74, 6) is 0.0868. The molecule has 0 bridgehead atoms. The molecule has 2 rings (SSSR count). The van der Waals surface area contributed by atoms with E-state index in [-0.39, 0.29) is 39.5 Å². The van der Waals surface area contributed by atoms with E-state index in [0.29, 0.717) is 5.75 Å². The maximum atomic E-state index is 12.3. The second-order valence-corrected chi connectivity index (χ2v) is 7.52. The van der Waals surface area contributed by atoms with Crippen molar-refractivity contribution >= 4 is 32.5 Å². The zero-order valence-electron chi connectivity index (χ0n) is 16.1. The van der Waals surface area contributed by atoms with E-state index in [0.717, 1.165) is 42.6 Å². The molecular formula is C20H21N3O3W3-2. The zero-order chi connectivity index (χ0) is 21.1. The van der Waals surface area contributed by atoms with Crippen LogP contribution in [0.15, 0.2) is 42.5 Å². The average molecular weight is 903 g/mol. The van der Waals surface area contributed by atoms with Crippen molar-refractivity contribution in [2.24, 2.45) is 0 Å². The smallest absolute Gasteiger partial charge is 0 e. The monoisotopic (exact) mass is 903 g/mol. The Morgan fingerprint density at radius 1 is 1.48 bits per heavy atom. The Morgan fingerprint density at radius 2 is 2.17 bits per heavy atom. The molecule has 0 saturated carbocycles. The van der Waals surface area contributed by atoms with Crippen molar-refractivity contribution in [2.75, 3.05) is 18.6 Å². The molecule has 1 aliphatic rings. The minimum atomic E-state index is -0.683. The molecule has 1 aromatic carbocycles. The first kappa shape index (κ1) is 27.9. The van der Waals surface area contributed by atoms with Gasteiger partial charge in [-0.3, -0.25) is 0 Å². The number of likely N-dealkylation sites (N-methyl/N-ethyl adjacent to an activating group) is 1. The van der Waals surface area contributed by atoms with Crippen molar-refractivity contribution in [1.29, 1.82) is 5.41 Å². The van der Waals surface area contributed by atoms with E-state index in [1.807, 2.05) is 31.2 Å². The molecule has 1 heterocycles. The molecule has 0 fully saturated rings. The number of carbonyl (C=O) groups is 2. The first-order valence-electron chi connectivity index (χ1n) is 8.24. The van der Waals surface area contributed by atoms with Gasteiger partial charge in [0.2, 0.25) is 0 Å². The van der Waals surface area contributed by atoms with E-state index >= 15 is 0 Å². The number of aryl methyl sites for hydroxylation is 1. The van der Waals surface area contributed by atoms with E-state index in [9.17, 15) is 9.59 Å². The number of benzene rings is 1. The summed E-state index contributed by atoms with van der Waals surface area (Å²) in [7, 11) is 1.68. The number of ether oxygens (including phenoxy) is 1. The predicted molar refractivity (Wildman–Crippen MR) is 104 cm³/mol. The first-order valence-corrected chi connectivity index (χ1v) is 11.2. The number of fused-ring (bicyclic) bond motifs is 1. The van der Waals surface area contributed by atoms with Gasteiger partial charge in [-0.1, -0.05) is 0 Å². The molecule has 2 amide bonds. The van der Waals surface area contributed by atoms with Crippen LogP contribution in [0.25, 0.3) is 0 Å². The van der Waals surface area contributed by atoms with Crippen LogP contribution in [-0.2, 0) is 69.4 Å². The topological polar surface area (TPSA) is 82.5 Å². The van der Waals surface area contributed by atoms with Crippen LogP contribution in [0.4, 0.5) is 5.69 Å². The summed E-state index contributed by atoms with van der Waals surface area (Å²) in [6.07, 6.45) is 5.61. The van der Waals surface area contributed by atoms with E-state index in [4.69, 9.17) is 10.1 Å². The molecule has 0 saturated heterocycles. The van der Waals surface area contributed by atoms with Crippen molar-refractivity contribution in [3.63, 3.8) is 0 Å². The Kier molecular flexibility index (Phi) is 14.3. The number of amides is 2. The van der Waals surface area contributed by atoms with Crippen LogP contribution in [0.2, 0.25) is 0 Å². The summed E-state index contributed by atoms with van der Waals surface area (Å²) in [6.45, 7) is 5.61. The van der Waals surface area contributed by atoms with Crippen LogP contribution in [0, 0.1) is 12.3 Å². The van der Waals surface area contributed by atoms with Crippen LogP contribution >= 0.6 is 0 Å². The molecule has 0 radical (unpaired) electrons. The Labute approximate surface area is 207 Å². The number of anilines is 1. The SMILES string of the molecule is C=C/C=C(\C=N)C[C-]=[W].Cc1ccc2c(c1)N(C)C(=O)C(NC(=O)[C-]=[W])CO2.[W]. The molecule has 6 nitrogen and oxygen atoms in total. The van der Waals surface area contributed by atoms with Gasteiger partial charge in [-0.15, -0.1) is 0 Å². The third-order valence-corrected chi connectivity index (χ3v) is 4.89. The van der Waals surface area contributed by atoms with Crippen molar-refractivity contribution in [2.45, 2.75) is 19.4 Å². The van der Waals surface area contributed by atoms with Crippen LogP contribution in [0.3, 0.4) is 0 Å². The average Bonchev–Trinajstić information content (AvgIpc) is 2.80. The van der Waals surface area contributed by atoms with Gasteiger partial charge < -0.3 is 0 Å². The molecule has 1 aromatic rings. The fourth-order valence-electron chi connectivity index (χ4n) is 2.29. The second-order valence-electron chi connectivity index (χ2n) is 5.75. The Balaban J connectivity index is 0.000000672. The number of carbonyl (C=O) groups excluding carboxylic acids is 2. The first-order chi connectivity index (χ1) is 13.4. The number of nitrogens with zero attached hydrogens (tertiary/aromatic N) is 1. The standard InChI is InChI=1S/C13H13N2O3.C7H8N.3W/c1-8-4-5-12-11(6-8)15(3)13(17)10(7-18-12)14-9(2)16;1-3-5-7(4-2)6-8;;;/h4-6,10H,7H2,1,3H3,(H,14,16);3,5-6,8H,1,4H2;;;/q2*-1;;;/b;7-5-,8-6?;;;. The number of allylic oxidation sites excluding steroid dienone is 3. The third-order valence-electron chi connectivity index (χ3n) is 3.70. The van der Waals surface area contributed by atoms with Crippen molar-refractivity contribution < 1.29 is 74.1 Å². The van der Waals surface area contributed by atoms with Gasteiger partial charge in [-0.05, 0) is 0 Å². The van der Waals surface area contributed by atoms with Gasteiger partial charge in [-0.2, -0.15) is 0 Å².